The molecule has 0 radical (unpaired) electrons. The molecular weight excluding hydrogens is 329 g/mol. The van der Waals surface area contributed by atoms with E-state index >= 15 is 0 Å². The fourth-order valence-electron chi connectivity index (χ4n) is 2.25. The zero-order valence-corrected chi connectivity index (χ0v) is 13.3. The van der Waals surface area contributed by atoms with Gasteiger partial charge in [-0.05, 0) is 24.1 Å². The van der Waals surface area contributed by atoms with E-state index in [9.17, 15) is 18.8 Å². The van der Waals surface area contributed by atoms with Crippen LogP contribution in [0.25, 0.3) is 11.3 Å². The topological polar surface area (TPSA) is 144 Å². The van der Waals surface area contributed by atoms with Crippen molar-refractivity contribution < 1.29 is 18.8 Å². The van der Waals surface area contributed by atoms with Crippen LogP contribution in [-0.2, 0) is 16.0 Å². The Morgan fingerprint density at radius 1 is 1.16 bits per heavy atom. The molecule has 2 aromatic rings. The SMILES string of the molecule is NC(=O)CCNC(=O)c1cn[nH]c1-c1cc(CCC(N)=O)ccc1F. The number of rotatable bonds is 8. The summed E-state index contributed by atoms with van der Waals surface area (Å²) >= 11 is 0. The molecule has 25 heavy (non-hydrogen) atoms. The number of primary amides is 2. The van der Waals surface area contributed by atoms with Crippen molar-refractivity contribution in [3.63, 3.8) is 0 Å². The molecule has 1 aromatic heterocycles. The summed E-state index contributed by atoms with van der Waals surface area (Å²) in [5.41, 5.74) is 11.3. The minimum absolute atomic E-state index is 0.00408. The molecular formula is C16H18FN5O3. The number of aromatic amines is 1. The first-order valence-electron chi connectivity index (χ1n) is 7.55. The molecule has 1 aromatic carbocycles. The fourth-order valence-corrected chi connectivity index (χ4v) is 2.25. The third kappa shape index (κ3) is 4.87. The number of carbonyl (C=O) groups excluding carboxylic acids is 3. The molecule has 6 N–H and O–H groups in total. The van der Waals surface area contributed by atoms with Gasteiger partial charge in [-0.2, -0.15) is 5.10 Å². The van der Waals surface area contributed by atoms with E-state index in [1.54, 1.807) is 6.07 Å². The van der Waals surface area contributed by atoms with Gasteiger partial charge in [-0.15, -0.1) is 0 Å². The molecule has 0 spiro atoms. The van der Waals surface area contributed by atoms with Gasteiger partial charge in [0.25, 0.3) is 5.91 Å². The second-order valence-corrected chi connectivity index (χ2v) is 5.41. The normalized spacial score (nSPS) is 10.4. The molecule has 0 bridgehead atoms. The highest BCUT2D eigenvalue weighted by Crippen LogP contribution is 2.26. The van der Waals surface area contributed by atoms with Crippen LogP contribution in [0.3, 0.4) is 0 Å². The van der Waals surface area contributed by atoms with Gasteiger partial charge in [0.15, 0.2) is 0 Å². The lowest BCUT2D eigenvalue weighted by Gasteiger charge is -2.08. The van der Waals surface area contributed by atoms with Gasteiger partial charge < -0.3 is 16.8 Å². The summed E-state index contributed by atoms with van der Waals surface area (Å²) in [5.74, 6) is -2.05. The molecule has 0 atom stereocenters. The van der Waals surface area contributed by atoms with Gasteiger partial charge in [0, 0.05) is 24.9 Å². The second-order valence-electron chi connectivity index (χ2n) is 5.41. The molecule has 9 heteroatoms. The van der Waals surface area contributed by atoms with Crippen LogP contribution < -0.4 is 16.8 Å². The Bertz CT molecular complexity index is 803. The van der Waals surface area contributed by atoms with Crippen LogP contribution in [0, 0.1) is 5.82 Å². The van der Waals surface area contributed by atoms with Crippen molar-refractivity contribution in [3.05, 3.63) is 41.3 Å². The summed E-state index contributed by atoms with van der Waals surface area (Å²) in [5, 5.41) is 8.91. The number of aryl methyl sites for hydroxylation is 1. The number of carbonyl (C=O) groups is 3. The maximum absolute atomic E-state index is 14.2. The second kappa shape index (κ2) is 8.04. The number of nitrogens with two attached hydrogens (primary N) is 2. The molecule has 0 unspecified atom stereocenters. The van der Waals surface area contributed by atoms with Gasteiger partial charge in [-0.25, -0.2) is 4.39 Å². The van der Waals surface area contributed by atoms with Crippen LogP contribution in [0.1, 0.15) is 28.8 Å². The van der Waals surface area contributed by atoms with E-state index < -0.39 is 23.5 Å². The van der Waals surface area contributed by atoms with Gasteiger partial charge in [0.1, 0.15) is 5.82 Å². The molecule has 132 valence electrons. The Morgan fingerprint density at radius 2 is 1.88 bits per heavy atom. The van der Waals surface area contributed by atoms with E-state index in [1.807, 2.05) is 0 Å². The summed E-state index contributed by atoms with van der Waals surface area (Å²) in [7, 11) is 0. The molecule has 0 fully saturated rings. The number of nitrogens with zero attached hydrogens (tertiary/aromatic N) is 1. The third-order valence-corrected chi connectivity index (χ3v) is 3.50. The standard InChI is InChI=1S/C16H18FN5O3/c17-12-3-1-9(2-4-13(18)23)7-10(12)15-11(8-21-22-15)16(25)20-6-5-14(19)24/h1,3,7-8H,2,4-6H2,(H2,18,23)(H2,19,24)(H,20,25)(H,21,22). The molecule has 8 nitrogen and oxygen atoms in total. The van der Waals surface area contributed by atoms with Gasteiger partial charge in [0.05, 0.1) is 17.5 Å². The Morgan fingerprint density at radius 3 is 2.56 bits per heavy atom. The molecule has 3 amide bonds. The number of H-pyrrole nitrogens is 1. The molecule has 2 rings (SSSR count). The molecule has 0 aliphatic rings. The van der Waals surface area contributed by atoms with E-state index in [2.05, 4.69) is 15.5 Å². The third-order valence-electron chi connectivity index (χ3n) is 3.50. The minimum Gasteiger partial charge on any atom is -0.370 e. The largest absolute Gasteiger partial charge is 0.370 e. The highest BCUT2D eigenvalue weighted by atomic mass is 19.1. The summed E-state index contributed by atoms with van der Waals surface area (Å²) in [6.07, 6.45) is 1.76. The number of aromatic nitrogens is 2. The Balaban J connectivity index is 2.23. The first kappa shape index (κ1) is 18.1. The van der Waals surface area contributed by atoms with Crippen LogP contribution in [0.15, 0.2) is 24.4 Å². The van der Waals surface area contributed by atoms with Crippen LogP contribution in [-0.4, -0.2) is 34.5 Å². The molecule has 0 saturated carbocycles. The minimum atomic E-state index is -0.543. The molecule has 0 aliphatic heterocycles. The Labute approximate surface area is 142 Å². The van der Waals surface area contributed by atoms with E-state index in [4.69, 9.17) is 11.5 Å². The van der Waals surface area contributed by atoms with Crippen molar-refractivity contribution in [2.75, 3.05) is 6.54 Å². The van der Waals surface area contributed by atoms with Crippen LogP contribution in [0.2, 0.25) is 0 Å². The fraction of sp³-hybridized carbons (Fsp3) is 0.250. The Kier molecular flexibility index (Phi) is 5.83. The highest BCUT2D eigenvalue weighted by molar-refractivity contribution is 6.00. The average molecular weight is 347 g/mol. The first-order valence-corrected chi connectivity index (χ1v) is 7.55. The van der Waals surface area contributed by atoms with Gasteiger partial charge in [-0.3, -0.25) is 19.5 Å². The monoisotopic (exact) mass is 347 g/mol. The maximum Gasteiger partial charge on any atom is 0.255 e. The Hall–Kier alpha value is -3.23. The first-order chi connectivity index (χ1) is 11.9. The molecule has 1 heterocycles. The van der Waals surface area contributed by atoms with E-state index in [1.165, 1.54) is 18.3 Å². The van der Waals surface area contributed by atoms with Crippen LogP contribution >= 0.6 is 0 Å². The molecule has 0 aliphatic carbocycles. The average Bonchev–Trinajstić information content (AvgIpc) is 3.03. The zero-order chi connectivity index (χ0) is 18.4. The van der Waals surface area contributed by atoms with Crippen LogP contribution in [0.4, 0.5) is 4.39 Å². The number of halogens is 1. The van der Waals surface area contributed by atoms with Crippen molar-refractivity contribution in [1.29, 1.82) is 0 Å². The number of hydrogen-bond acceptors (Lipinski definition) is 4. The summed E-state index contributed by atoms with van der Waals surface area (Å²) in [4.78, 5) is 33.8. The lowest BCUT2D eigenvalue weighted by atomic mass is 10.0. The summed E-state index contributed by atoms with van der Waals surface area (Å²) < 4.78 is 14.2. The quantitative estimate of drug-likeness (QED) is 0.542. The summed E-state index contributed by atoms with van der Waals surface area (Å²) in [6.45, 7) is 0.0694. The maximum atomic E-state index is 14.2. The van der Waals surface area contributed by atoms with Crippen molar-refractivity contribution in [3.8, 4) is 11.3 Å². The predicted octanol–water partition coefficient (Wildman–Crippen LogP) is 0.239. The van der Waals surface area contributed by atoms with E-state index in [0.717, 1.165) is 0 Å². The lowest BCUT2D eigenvalue weighted by molar-refractivity contribution is -0.118. The highest BCUT2D eigenvalue weighted by Gasteiger charge is 2.18. The smallest absolute Gasteiger partial charge is 0.255 e. The van der Waals surface area contributed by atoms with Gasteiger partial charge in [0.2, 0.25) is 11.8 Å². The molecule has 0 saturated heterocycles. The van der Waals surface area contributed by atoms with Crippen molar-refractivity contribution in [2.24, 2.45) is 11.5 Å². The number of hydrogen-bond donors (Lipinski definition) is 4. The van der Waals surface area contributed by atoms with E-state index in [0.29, 0.717) is 12.0 Å². The van der Waals surface area contributed by atoms with E-state index in [-0.39, 0.29) is 36.2 Å². The van der Waals surface area contributed by atoms with Crippen molar-refractivity contribution >= 4 is 17.7 Å². The van der Waals surface area contributed by atoms with Crippen molar-refractivity contribution in [2.45, 2.75) is 19.3 Å². The van der Waals surface area contributed by atoms with Crippen LogP contribution in [0.5, 0.6) is 0 Å². The lowest BCUT2D eigenvalue weighted by Crippen LogP contribution is -2.28. The van der Waals surface area contributed by atoms with Crippen molar-refractivity contribution in [1.82, 2.24) is 15.5 Å². The predicted molar refractivity (Wildman–Crippen MR) is 87.6 cm³/mol. The zero-order valence-electron chi connectivity index (χ0n) is 13.3. The van der Waals surface area contributed by atoms with Gasteiger partial charge >= 0.3 is 0 Å². The summed E-state index contributed by atoms with van der Waals surface area (Å²) in [6, 6.07) is 4.33. The van der Waals surface area contributed by atoms with Gasteiger partial charge in [-0.1, -0.05) is 6.07 Å². The number of nitrogens with one attached hydrogen (secondary N) is 2. The number of amides is 3. The number of benzene rings is 1.